The van der Waals surface area contributed by atoms with Crippen LogP contribution in [0.15, 0.2) is 173 Å². The normalized spacial score (nSPS) is 11.9. The molecule has 0 radical (unpaired) electrons. The monoisotopic (exact) mass is 749 g/mol. The zero-order valence-electron chi connectivity index (χ0n) is 30.0. The summed E-state index contributed by atoms with van der Waals surface area (Å²) in [6, 6.07) is 55.1. The van der Waals surface area contributed by atoms with Gasteiger partial charge in [0.2, 0.25) is 0 Å². The fraction of sp³-hybridized carbons (Fsp3) is 0. The number of benzene rings is 7. The van der Waals surface area contributed by atoms with Crippen molar-refractivity contribution in [2.45, 2.75) is 0 Å². The molecule has 0 atom stereocenters. The smallest absolute Gasteiger partial charge is 0.164 e. The van der Waals surface area contributed by atoms with Crippen LogP contribution in [-0.4, -0.2) is 24.9 Å². The first-order chi connectivity index (χ1) is 28.2. The van der Waals surface area contributed by atoms with Crippen LogP contribution in [0.5, 0.6) is 0 Å². The first-order valence-electron chi connectivity index (χ1n) is 18.7. The molecular formula is C49H27N5O2S. The highest BCUT2D eigenvalue weighted by molar-refractivity contribution is 7.26. The van der Waals surface area contributed by atoms with E-state index in [0.29, 0.717) is 23.3 Å². The second-order valence-corrected chi connectivity index (χ2v) is 15.0. The van der Waals surface area contributed by atoms with Crippen LogP contribution >= 0.6 is 11.3 Å². The number of furan rings is 2. The molecule has 0 aliphatic rings. The third kappa shape index (κ3) is 5.08. The number of aromatic nitrogens is 5. The summed E-state index contributed by atoms with van der Waals surface area (Å²) in [5.41, 5.74) is 9.31. The molecule has 0 saturated heterocycles. The standard InChI is InChI=1S/C49H27N5O2S/c1-3-13-28(14-4-1)46-52-47(29-15-5-2-6-16-29)54-49(53-46)35-20-12-23-38-42(35)41-34(19-11-22-37(41)56-38)48-50-43(45-44(51-48)33-18-8-10-24-40(33)57-45)30-25-26-32-31-17-7-9-21-36(31)55-39(32)27-30/h1-27H. The Hall–Kier alpha value is -7.55. The highest BCUT2D eigenvalue weighted by atomic mass is 32.1. The minimum Gasteiger partial charge on any atom is -0.456 e. The van der Waals surface area contributed by atoms with E-state index in [-0.39, 0.29) is 0 Å². The van der Waals surface area contributed by atoms with Crippen LogP contribution in [0.4, 0.5) is 0 Å². The largest absolute Gasteiger partial charge is 0.456 e. The van der Waals surface area contributed by atoms with Crippen molar-refractivity contribution in [3.8, 4) is 56.8 Å². The number of fused-ring (bicyclic) bond motifs is 9. The molecule has 7 aromatic carbocycles. The molecule has 12 rings (SSSR count). The SMILES string of the molecule is c1ccc(-c2nc(-c3ccccc3)nc(-c3cccc4oc5cccc(-c6nc(-c7ccc8c(c7)oc7ccccc78)c7sc8ccccc8c7n6)c5c34)n2)cc1. The zero-order chi connectivity index (χ0) is 37.5. The van der Waals surface area contributed by atoms with Crippen LogP contribution in [0, 0.1) is 0 Å². The molecule has 266 valence electrons. The minimum absolute atomic E-state index is 0.547. The Morgan fingerprint density at radius 2 is 0.912 bits per heavy atom. The number of thiophene rings is 1. The van der Waals surface area contributed by atoms with Gasteiger partial charge >= 0.3 is 0 Å². The number of hydrogen-bond donors (Lipinski definition) is 0. The maximum atomic E-state index is 6.60. The summed E-state index contributed by atoms with van der Waals surface area (Å²) >= 11 is 1.71. The molecule has 0 saturated carbocycles. The van der Waals surface area contributed by atoms with Crippen LogP contribution in [0.2, 0.25) is 0 Å². The molecule has 12 aromatic rings. The highest BCUT2D eigenvalue weighted by Gasteiger charge is 2.23. The Labute approximate surface area is 328 Å². The number of rotatable bonds is 5. The van der Waals surface area contributed by atoms with Gasteiger partial charge in [-0.05, 0) is 36.4 Å². The number of nitrogens with zero attached hydrogens (tertiary/aromatic N) is 5. The van der Waals surface area contributed by atoms with Crippen LogP contribution in [0.3, 0.4) is 0 Å². The first-order valence-corrected chi connectivity index (χ1v) is 19.5. The third-order valence-electron chi connectivity index (χ3n) is 10.6. The number of hydrogen-bond acceptors (Lipinski definition) is 8. The molecule has 0 aliphatic heterocycles. The quantitative estimate of drug-likeness (QED) is 0.173. The summed E-state index contributed by atoms with van der Waals surface area (Å²) in [7, 11) is 0. The van der Waals surface area contributed by atoms with E-state index < -0.39 is 0 Å². The van der Waals surface area contributed by atoms with Gasteiger partial charge in [-0.15, -0.1) is 11.3 Å². The maximum absolute atomic E-state index is 6.60. The predicted molar refractivity (Wildman–Crippen MR) is 230 cm³/mol. The van der Waals surface area contributed by atoms with Crippen LogP contribution in [0.25, 0.3) is 121 Å². The molecule has 0 unspecified atom stereocenters. The van der Waals surface area contributed by atoms with Crippen molar-refractivity contribution in [1.29, 1.82) is 0 Å². The summed E-state index contributed by atoms with van der Waals surface area (Å²) in [5, 5.41) is 5.03. The van der Waals surface area contributed by atoms with E-state index in [0.717, 1.165) is 97.7 Å². The second kappa shape index (κ2) is 12.5. The lowest BCUT2D eigenvalue weighted by Gasteiger charge is -2.10. The maximum Gasteiger partial charge on any atom is 0.164 e. The topological polar surface area (TPSA) is 90.7 Å². The van der Waals surface area contributed by atoms with Gasteiger partial charge in [-0.1, -0.05) is 127 Å². The highest BCUT2D eigenvalue weighted by Crippen LogP contribution is 2.44. The number of para-hydroxylation sites is 1. The lowest BCUT2D eigenvalue weighted by Crippen LogP contribution is -2.00. The molecule has 5 aromatic heterocycles. The van der Waals surface area contributed by atoms with Gasteiger partial charge in [0.25, 0.3) is 0 Å². The van der Waals surface area contributed by atoms with Gasteiger partial charge in [0.15, 0.2) is 23.3 Å². The van der Waals surface area contributed by atoms with Crippen molar-refractivity contribution in [2.75, 3.05) is 0 Å². The lowest BCUT2D eigenvalue weighted by molar-refractivity contribution is 0.668. The minimum atomic E-state index is 0.547. The van der Waals surface area contributed by atoms with E-state index in [1.54, 1.807) is 11.3 Å². The van der Waals surface area contributed by atoms with Gasteiger partial charge in [-0.3, -0.25) is 0 Å². The van der Waals surface area contributed by atoms with E-state index >= 15 is 0 Å². The molecule has 57 heavy (non-hydrogen) atoms. The van der Waals surface area contributed by atoms with Crippen molar-refractivity contribution in [3.63, 3.8) is 0 Å². The average molecular weight is 750 g/mol. The van der Waals surface area contributed by atoms with E-state index in [2.05, 4.69) is 60.7 Å². The molecule has 0 N–H and O–H groups in total. The summed E-state index contributed by atoms with van der Waals surface area (Å²) < 4.78 is 15.1. The van der Waals surface area contributed by atoms with Gasteiger partial charge in [-0.25, -0.2) is 24.9 Å². The van der Waals surface area contributed by atoms with Crippen molar-refractivity contribution < 1.29 is 8.83 Å². The fourth-order valence-electron chi connectivity index (χ4n) is 7.95. The Balaban J connectivity index is 1.12. The second-order valence-electron chi connectivity index (χ2n) is 14.0. The molecule has 0 aliphatic carbocycles. The van der Waals surface area contributed by atoms with Gasteiger partial charge in [-0.2, -0.15) is 0 Å². The van der Waals surface area contributed by atoms with Gasteiger partial charge < -0.3 is 8.83 Å². The summed E-state index contributed by atoms with van der Waals surface area (Å²) in [5.74, 6) is 2.33. The molecular weight excluding hydrogens is 723 g/mol. The lowest BCUT2D eigenvalue weighted by atomic mass is 10.0. The summed E-state index contributed by atoms with van der Waals surface area (Å²) in [6.07, 6.45) is 0. The van der Waals surface area contributed by atoms with E-state index in [4.69, 9.17) is 33.8 Å². The van der Waals surface area contributed by atoms with Gasteiger partial charge in [0.05, 0.1) is 15.9 Å². The predicted octanol–water partition coefficient (Wildman–Crippen LogP) is 13.2. The van der Waals surface area contributed by atoms with Crippen LogP contribution < -0.4 is 0 Å². The summed E-state index contributed by atoms with van der Waals surface area (Å²) in [4.78, 5) is 25.9. The molecule has 5 heterocycles. The molecule has 0 bridgehead atoms. The summed E-state index contributed by atoms with van der Waals surface area (Å²) in [6.45, 7) is 0. The molecule has 0 spiro atoms. The Bertz CT molecular complexity index is 3480. The Morgan fingerprint density at radius 3 is 1.61 bits per heavy atom. The van der Waals surface area contributed by atoms with Crippen LogP contribution in [-0.2, 0) is 0 Å². The third-order valence-corrected chi connectivity index (χ3v) is 11.7. The molecule has 0 fully saturated rings. The Kier molecular flexibility index (Phi) is 6.96. The molecule has 7 nitrogen and oxygen atoms in total. The van der Waals surface area contributed by atoms with Crippen molar-refractivity contribution in [3.05, 3.63) is 164 Å². The van der Waals surface area contributed by atoms with Crippen molar-refractivity contribution in [2.24, 2.45) is 0 Å². The molecule has 8 heteroatoms. The van der Waals surface area contributed by atoms with Crippen LogP contribution in [0.1, 0.15) is 0 Å². The fourth-order valence-corrected chi connectivity index (χ4v) is 9.10. The van der Waals surface area contributed by atoms with E-state index in [1.807, 2.05) is 103 Å². The van der Waals surface area contributed by atoms with E-state index in [9.17, 15) is 0 Å². The zero-order valence-corrected chi connectivity index (χ0v) is 30.9. The molecule has 0 amide bonds. The van der Waals surface area contributed by atoms with Crippen molar-refractivity contribution in [1.82, 2.24) is 24.9 Å². The average Bonchev–Trinajstić information content (AvgIpc) is 3.97. The van der Waals surface area contributed by atoms with E-state index in [1.165, 1.54) is 0 Å². The first kappa shape index (κ1) is 31.8. The van der Waals surface area contributed by atoms with Crippen molar-refractivity contribution >= 4 is 75.5 Å². The van der Waals surface area contributed by atoms with Gasteiger partial charge in [0.1, 0.15) is 22.3 Å². The Morgan fingerprint density at radius 1 is 0.368 bits per heavy atom. The van der Waals surface area contributed by atoms with Gasteiger partial charge in [0, 0.05) is 59.4 Å².